The average Bonchev–Trinajstić information content (AvgIpc) is 2.53. The summed E-state index contributed by atoms with van der Waals surface area (Å²) in [5.41, 5.74) is 1.56. The van der Waals surface area contributed by atoms with Crippen LogP contribution in [-0.4, -0.2) is 19.4 Å². The van der Waals surface area contributed by atoms with Crippen molar-refractivity contribution < 1.29 is 27.4 Å². The van der Waals surface area contributed by atoms with Gasteiger partial charge in [0.05, 0.1) is 12.8 Å². The molecule has 140 valence electrons. The Balaban J connectivity index is 2.21. The Morgan fingerprint density at radius 3 is 2.12 bits per heavy atom. The highest BCUT2D eigenvalue weighted by molar-refractivity contribution is 6.05. The first-order valence-corrected chi connectivity index (χ1v) is 7.85. The van der Waals surface area contributed by atoms with Crippen LogP contribution >= 0.6 is 0 Å². The van der Waals surface area contributed by atoms with Gasteiger partial charge < -0.3 is 14.8 Å². The molecule has 0 aromatic heterocycles. The summed E-state index contributed by atoms with van der Waals surface area (Å²) in [6.07, 6.45) is -4.77. The molecule has 0 radical (unpaired) electrons. The zero-order valence-corrected chi connectivity index (χ0v) is 14.9. The lowest BCUT2D eigenvalue weighted by Crippen LogP contribution is -2.17. The molecule has 26 heavy (non-hydrogen) atoms. The minimum absolute atomic E-state index is 0.123. The number of methoxy groups -OCH3 is 1. The van der Waals surface area contributed by atoms with Crippen LogP contribution in [0.1, 0.15) is 36.7 Å². The first-order chi connectivity index (χ1) is 12.0. The third-order valence-electron chi connectivity index (χ3n) is 3.66. The molecule has 2 aromatic rings. The van der Waals surface area contributed by atoms with Crippen molar-refractivity contribution in [2.75, 3.05) is 12.4 Å². The summed E-state index contributed by atoms with van der Waals surface area (Å²) in [7, 11) is 1.49. The van der Waals surface area contributed by atoms with Gasteiger partial charge in [-0.15, -0.1) is 13.2 Å². The molecular formula is C19H20F3NO3. The highest BCUT2D eigenvalue weighted by Gasteiger charge is 2.31. The number of halogens is 3. The van der Waals surface area contributed by atoms with Crippen LogP contribution in [-0.2, 0) is 5.41 Å². The quantitative estimate of drug-likeness (QED) is 0.814. The van der Waals surface area contributed by atoms with E-state index in [0.29, 0.717) is 11.4 Å². The monoisotopic (exact) mass is 367 g/mol. The van der Waals surface area contributed by atoms with Gasteiger partial charge in [-0.3, -0.25) is 4.79 Å². The molecule has 0 bridgehead atoms. The fraction of sp³-hybridized carbons (Fsp3) is 0.316. The standard InChI is InChI=1S/C19H20F3NO3/c1-18(2,3)13-7-10-16(25-4)15(11-13)23-17(24)12-5-8-14(9-6-12)26-19(20,21)22/h5-11H,1-4H3,(H,23,24). The lowest BCUT2D eigenvalue weighted by atomic mass is 9.87. The molecular weight excluding hydrogens is 347 g/mol. The van der Waals surface area contributed by atoms with Crippen LogP contribution < -0.4 is 14.8 Å². The topological polar surface area (TPSA) is 47.6 Å². The summed E-state index contributed by atoms with van der Waals surface area (Å²) in [6, 6.07) is 10.2. The Labute approximate surface area is 149 Å². The Morgan fingerprint density at radius 1 is 1.00 bits per heavy atom. The molecule has 0 atom stereocenters. The molecule has 0 saturated heterocycles. The van der Waals surface area contributed by atoms with Gasteiger partial charge in [0.25, 0.3) is 5.91 Å². The van der Waals surface area contributed by atoms with E-state index in [2.05, 4.69) is 10.1 Å². The van der Waals surface area contributed by atoms with E-state index < -0.39 is 12.3 Å². The number of rotatable bonds is 4. The minimum atomic E-state index is -4.77. The van der Waals surface area contributed by atoms with E-state index in [1.165, 1.54) is 19.2 Å². The largest absolute Gasteiger partial charge is 0.573 e. The Morgan fingerprint density at radius 2 is 1.62 bits per heavy atom. The van der Waals surface area contributed by atoms with E-state index in [-0.39, 0.29) is 16.7 Å². The maximum absolute atomic E-state index is 12.4. The van der Waals surface area contributed by atoms with E-state index in [9.17, 15) is 18.0 Å². The number of amides is 1. The van der Waals surface area contributed by atoms with Crippen molar-refractivity contribution >= 4 is 11.6 Å². The van der Waals surface area contributed by atoms with Gasteiger partial charge in [0.2, 0.25) is 0 Å². The molecule has 0 saturated carbocycles. The Hall–Kier alpha value is -2.70. The molecule has 1 amide bonds. The number of alkyl halides is 3. The number of nitrogens with one attached hydrogen (secondary N) is 1. The van der Waals surface area contributed by atoms with Crippen molar-refractivity contribution in [1.82, 2.24) is 0 Å². The third-order valence-corrected chi connectivity index (χ3v) is 3.66. The number of carbonyl (C=O) groups is 1. The van der Waals surface area contributed by atoms with Gasteiger partial charge >= 0.3 is 6.36 Å². The zero-order valence-electron chi connectivity index (χ0n) is 14.9. The van der Waals surface area contributed by atoms with Gasteiger partial charge in [-0.25, -0.2) is 0 Å². The maximum Gasteiger partial charge on any atom is 0.573 e. The van der Waals surface area contributed by atoms with Crippen LogP contribution in [0, 0.1) is 0 Å². The number of benzene rings is 2. The molecule has 7 heteroatoms. The van der Waals surface area contributed by atoms with Crippen LogP contribution in [0.4, 0.5) is 18.9 Å². The minimum Gasteiger partial charge on any atom is -0.495 e. The molecule has 0 aliphatic heterocycles. The molecule has 0 unspecified atom stereocenters. The summed E-state index contributed by atoms with van der Waals surface area (Å²) >= 11 is 0. The van der Waals surface area contributed by atoms with Crippen molar-refractivity contribution in [2.45, 2.75) is 32.5 Å². The predicted octanol–water partition coefficient (Wildman–Crippen LogP) is 5.14. The van der Waals surface area contributed by atoms with E-state index in [4.69, 9.17) is 4.74 Å². The molecule has 0 heterocycles. The van der Waals surface area contributed by atoms with Crippen LogP contribution in [0.5, 0.6) is 11.5 Å². The summed E-state index contributed by atoms with van der Waals surface area (Å²) in [6.45, 7) is 6.12. The molecule has 0 aliphatic rings. The van der Waals surface area contributed by atoms with Crippen molar-refractivity contribution in [1.29, 1.82) is 0 Å². The fourth-order valence-corrected chi connectivity index (χ4v) is 2.27. The van der Waals surface area contributed by atoms with Gasteiger partial charge in [-0.2, -0.15) is 0 Å². The highest BCUT2D eigenvalue weighted by atomic mass is 19.4. The van der Waals surface area contributed by atoms with Gasteiger partial charge in [0.15, 0.2) is 0 Å². The van der Waals surface area contributed by atoms with E-state index in [1.807, 2.05) is 32.9 Å². The zero-order chi connectivity index (χ0) is 19.5. The van der Waals surface area contributed by atoms with Crippen LogP contribution in [0.2, 0.25) is 0 Å². The van der Waals surface area contributed by atoms with Gasteiger partial charge in [0, 0.05) is 5.56 Å². The van der Waals surface area contributed by atoms with Crippen LogP contribution in [0.3, 0.4) is 0 Å². The fourth-order valence-electron chi connectivity index (χ4n) is 2.27. The van der Waals surface area contributed by atoms with Crippen LogP contribution in [0.15, 0.2) is 42.5 Å². The summed E-state index contributed by atoms with van der Waals surface area (Å²) in [5, 5.41) is 2.73. The summed E-state index contributed by atoms with van der Waals surface area (Å²) in [5.74, 6) is -0.363. The average molecular weight is 367 g/mol. The van der Waals surface area contributed by atoms with Crippen molar-refractivity contribution in [3.05, 3.63) is 53.6 Å². The molecule has 2 rings (SSSR count). The van der Waals surface area contributed by atoms with Gasteiger partial charge in [-0.1, -0.05) is 26.8 Å². The molecule has 0 fully saturated rings. The number of anilines is 1. The maximum atomic E-state index is 12.4. The number of hydrogen-bond donors (Lipinski definition) is 1. The first-order valence-electron chi connectivity index (χ1n) is 7.85. The second kappa shape index (κ2) is 7.27. The van der Waals surface area contributed by atoms with E-state index >= 15 is 0 Å². The van der Waals surface area contributed by atoms with Gasteiger partial charge in [-0.05, 0) is 47.4 Å². The van der Waals surface area contributed by atoms with Crippen molar-refractivity contribution in [2.24, 2.45) is 0 Å². The lowest BCUT2D eigenvalue weighted by molar-refractivity contribution is -0.274. The second-order valence-corrected chi connectivity index (χ2v) is 6.69. The number of carbonyl (C=O) groups excluding carboxylic acids is 1. The molecule has 1 N–H and O–H groups in total. The number of hydrogen-bond acceptors (Lipinski definition) is 3. The summed E-state index contributed by atoms with van der Waals surface area (Å²) < 4.78 is 45.6. The smallest absolute Gasteiger partial charge is 0.495 e. The van der Waals surface area contributed by atoms with Gasteiger partial charge in [0.1, 0.15) is 11.5 Å². The molecule has 0 spiro atoms. The highest BCUT2D eigenvalue weighted by Crippen LogP contribution is 2.32. The Bertz CT molecular complexity index is 778. The normalized spacial score (nSPS) is 11.8. The molecule has 0 aliphatic carbocycles. The van der Waals surface area contributed by atoms with E-state index in [0.717, 1.165) is 17.7 Å². The molecule has 4 nitrogen and oxygen atoms in total. The number of ether oxygens (including phenoxy) is 2. The van der Waals surface area contributed by atoms with Crippen LogP contribution in [0.25, 0.3) is 0 Å². The lowest BCUT2D eigenvalue weighted by Gasteiger charge is -2.21. The Kier molecular flexibility index (Phi) is 5.49. The second-order valence-electron chi connectivity index (χ2n) is 6.69. The van der Waals surface area contributed by atoms with Crippen molar-refractivity contribution in [3.8, 4) is 11.5 Å². The third kappa shape index (κ3) is 5.15. The van der Waals surface area contributed by atoms with Crippen molar-refractivity contribution in [3.63, 3.8) is 0 Å². The first kappa shape index (κ1) is 19.6. The molecule has 2 aromatic carbocycles. The predicted molar refractivity (Wildman–Crippen MR) is 92.8 cm³/mol. The summed E-state index contributed by atoms with van der Waals surface area (Å²) in [4.78, 5) is 12.4. The van der Waals surface area contributed by atoms with E-state index in [1.54, 1.807) is 6.07 Å². The SMILES string of the molecule is COc1ccc(C(C)(C)C)cc1NC(=O)c1ccc(OC(F)(F)F)cc1.